The summed E-state index contributed by atoms with van der Waals surface area (Å²) in [7, 11) is 1.29. The molecular weight excluding hydrogens is 506 g/mol. The Hall–Kier alpha value is -4.01. The van der Waals surface area contributed by atoms with E-state index in [4.69, 9.17) is 9.47 Å². The molecule has 5 rings (SSSR count). The molecule has 8 nitrogen and oxygen atoms in total. The van der Waals surface area contributed by atoms with Gasteiger partial charge in [0.15, 0.2) is 0 Å². The standard InChI is InChI=1S/C32H35N3O5/c1-39-31(37)25-14-15-28-27(22-25)30(36)33-32(38)35(28)19-9-8-18-34-20-16-26(17-21-34)40-29(23-10-4-2-5-11-23)24-12-6-3-7-13-24/h2-7,10-15,22,26,29H,8-9,16-21H2,1H3,(H,33,36,38). The van der Waals surface area contributed by atoms with Crippen molar-refractivity contribution in [2.45, 2.75) is 44.4 Å². The predicted molar refractivity (Wildman–Crippen MR) is 155 cm³/mol. The maximum Gasteiger partial charge on any atom is 0.337 e. The summed E-state index contributed by atoms with van der Waals surface area (Å²) in [6.07, 6.45) is 3.79. The van der Waals surface area contributed by atoms with Gasteiger partial charge in [-0.2, -0.15) is 0 Å². The molecule has 8 heteroatoms. The topological polar surface area (TPSA) is 93.6 Å². The van der Waals surface area contributed by atoms with Gasteiger partial charge in [-0.1, -0.05) is 60.7 Å². The number of carbonyl (C=O) groups is 1. The van der Waals surface area contributed by atoms with E-state index in [-0.39, 0.29) is 17.8 Å². The first-order valence-corrected chi connectivity index (χ1v) is 13.9. The van der Waals surface area contributed by atoms with E-state index >= 15 is 0 Å². The Morgan fingerprint density at radius 1 is 0.900 bits per heavy atom. The van der Waals surface area contributed by atoms with Crippen molar-refractivity contribution < 1.29 is 14.3 Å². The maximum absolute atomic E-state index is 12.5. The first-order chi connectivity index (χ1) is 19.5. The average Bonchev–Trinajstić information content (AvgIpc) is 3.00. The van der Waals surface area contributed by atoms with Crippen molar-refractivity contribution in [2.75, 3.05) is 26.7 Å². The summed E-state index contributed by atoms with van der Waals surface area (Å²) in [6, 6.07) is 25.5. The quantitative estimate of drug-likeness (QED) is 0.234. The molecule has 0 atom stereocenters. The summed E-state index contributed by atoms with van der Waals surface area (Å²) >= 11 is 0. The minimum Gasteiger partial charge on any atom is -0.465 e. The Morgan fingerprint density at radius 3 is 2.15 bits per heavy atom. The van der Waals surface area contributed by atoms with Crippen LogP contribution in [0.3, 0.4) is 0 Å². The van der Waals surface area contributed by atoms with E-state index in [1.807, 2.05) is 12.1 Å². The largest absolute Gasteiger partial charge is 0.465 e. The Morgan fingerprint density at radius 2 is 1.52 bits per heavy atom. The maximum atomic E-state index is 12.5. The molecule has 1 aromatic heterocycles. The van der Waals surface area contributed by atoms with Gasteiger partial charge in [0, 0.05) is 19.6 Å². The second-order valence-electron chi connectivity index (χ2n) is 10.2. The van der Waals surface area contributed by atoms with Gasteiger partial charge in [-0.3, -0.25) is 14.3 Å². The minimum atomic E-state index is -0.524. The molecule has 208 valence electrons. The van der Waals surface area contributed by atoms with Crippen molar-refractivity contribution in [3.63, 3.8) is 0 Å². The second kappa shape index (κ2) is 12.9. The Kier molecular flexibility index (Phi) is 8.88. The van der Waals surface area contributed by atoms with Gasteiger partial charge in [-0.25, -0.2) is 9.59 Å². The van der Waals surface area contributed by atoms with Crippen molar-refractivity contribution in [1.82, 2.24) is 14.5 Å². The lowest BCUT2D eigenvalue weighted by molar-refractivity contribution is -0.0271. The van der Waals surface area contributed by atoms with Crippen LogP contribution in [0.5, 0.6) is 0 Å². The number of ether oxygens (including phenoxy) is 2. The molecule has 0 bridgehead atoms. The lowest BCUT2D eigenvalue weighted by atomic mass is 10.00. The summed E-state index contributed by atoms with van der Waals surface area (Å²) in [5.41, 5.74) is 2.19. The molecule has 0 unspecified atom stereocenters. The van der Waals surface area contributed by atoms with E-state index < -0.39 is 17.2 Å². The number of likely N-dealkylation sites (tertiary alicyclic amines) is 1. The molecule has 4 aromatic rings. The molecule has 1 saturated heterocycles. The lowest BCUT2D eigenvalue weighted by Gasteiger charge is -2.34. The third-order valence-electron chi connectivity index (χ3n) is 7.59. The van der Waals surface area contributed by atoms with Crippen LogP contribution in [0, 0.1) is 0 Å². The third kappa shape index (κ3) is 6.41. The number of hydrogen-bond donors (Lipinski definition) is 1. The molecular formula is C32H35N3O5. The molecule has 1 N–H and O–H groups in total. The third-order valence-corrected chi connectivity index (χ3v) is 7.59. The van der Waals surface area contributed by atoms with Crippen LogP contribution in [0.2, 0.25) is 0 Å². The van der Waals surface area contributed by atoms with Gasteiger partial charge in [-0.15, -0.1) is 0 Å². The number of esters is 1. The monoisotopic (exact) mass is 541 g/mol. The number of nitrogens with zero attached hydrogens (tertiary/aromatic N) is 2. The number of nitrogens with one attached hydrogen (secondary N) is 1. The van der Waals surface area contributed by atoms with Crippen LogP contribution in [0.1, 0.15) is 53.3 Å². The minimum absolute atomic E-state index is 0.0758. The van der Waals surface area contributed by atoms with Crippen LogP contribution in [0.25, 0.3) is 10.9 Å². The van der Waals surface area contributed by atoms with Crippen LogP contribution >= 0.6 is 0 Å². The van der Waals surface area contributed by atoms with E-state index in [0.717, 1.165) is 45.3 Å². The number of unbranched alkanes of at least 4 members (excludes halogenated alkanes) is 1. The number of benzene rings is 3. The fourth-order valence-corrected chi connectivity index (χ4v) is 5.43. The fraction of sp³-hybridized carbons (Fsp3) is 0.344. The van der Waals surface area contributed by atoms with E-state index in [9.17, 15) is 14.4 Å². The first kappa shape index (κ1) is 27.6. The van der Waals surface area contributed by atoms with Crippen molar-refractivity contribution in [2.24, 2.45) is 0 Å². The van der Waals surface area contributed by atoms with Gasteiger partial charge in [0.2, 0.25) is 0 Å². The molecule has 2 heterocycles. The number of aromatic nitrogens is 2. The molecule has 3 aromatic carbocycles. The van der Waals surface area contributed by atoms with Crippen LogP contribution in [0.4, 0.5) is 0 Å². The fourth-order valence-electron chi connectivity index (χ4n) is 5.43. The summed E-state index contributed by atoms with van der Waals surface area (Å²) < 4.78 is 13.0. The molecule has 1 aliphatic rings. The SMILES string of the molecule is COC(=O)c1ccc2c(c1)c(=O)[nH]c(=O)n2CCCCN1CCC(OC(c2ccccc2)c2ccccc2)CC1. The van der Waals surface area contributed by atoms with Crippen LogP contribution < -0.4 is 11.2 Å². The van der Waals surface area contributed by atoms with Crippen molar-refractivity contribution >= 4 is 16.9 Å². The van der Waals surface area contributed by atoms with Gasteiger partial charge in [0.05, 0.1) is 29.7 Å². The number of H-pyrrole nitrogens is 1. The van der Waals surface area contributed by atoms with Gasteiger partial charge in [0.1, 0.15) is 6.10 Å². The molecule has 0 aliphatic carbocycles. The number of fused-ring (bicyclic) bond motifs is 1. The van der Waals surface area contributed by atoms with Gasteiger partial charge >= 0.3 is 11.7 Å². The Labute approximate surface area is 233 Å². The number of carbonyl (C=O) groups excluding carboxylic acids is 1. The summed E-state index contributed by atoms with van der Waals surface area (Å²) in [4.78, 5) is 41.6. The zero-order valence-corrected chi connectivity index (χ0v) is 22.8. The predicted octanol–water partition coefficient (Wildman–Crippen LogP) is 4.53. The van der Waals surface area contributed by atoms with Crippen molar-refractivity contribution in [3.05, 3.63) is 116 Å². The number of piperidine rings is 1. The Bertz CT molecular complexity index is 1500. The number of hydrogen-bond acceptors (Lipinski definition) is 6. The normalized spacial score (nSPS) is 14.6. The number of aromatic amines is 1. The first-order valence-electron chi connectivity index (χ1n) is 13.9. The highest BCUT2D eigenvalue weighted by molar-refractivity contribution is 5.94. The number of methoxy groups -OCH3 is 1. The van der Waals surface area contributed by atoms with Crippen molar-refractivity contribution in [1.29, 1.82) is 0 Å². The average molecular weight is 542 g/mol. The highest BCUT2D eigenvalue weighted by Crippen LogP contribution is 2.30. The lowest BCUT2D eigenvalue weighted by Crippen LogP contribution is -2.38. The molecule has 0 radical (unpaired) electrons. The molecule has 0 amide bonds. The van der Waals surface area contributed by atoms with Crippen LogP contribution in [0.15, 0.2) is 88.5 Å². The number of rotatable bonds is 10. The van der Waals surface area contributed by atoms with Crippen LogP contribution in [-0.2, 0) is 16.0 Å². The van der Waals surface area contributed by atoms with E-state index in [2.05, 4.69) is 58.4 Å². The van der Waals surface area contributed by atoms with Crippen molar-refractivity contribution in [3.8, 4) is 0 Å². The smallest absolute Gasteiger partial charge is 0.337 e. The summed E-state index contributed by atoms with van der Waals surface area (Å²) in [5, 5.41) is 0.300. The number of aryl methyl sites for hydroxylation is 1. The molecule has 40 heavy (non-hydrogen) atoms. The molecule has 1 fully saturated rings. The molecule has 0 saturated carbocycles. The Balaban J connectivity index is 1.14. The van der Waals surface area contributed by atoms with Gasteiger partial charge in [0.25, 0.3) is 5.56 Å². The zero-order valence-electron chi connectivity index (χ0n) is 22.8. The van der Waals surface area contributed by atoms with E-state index in [0.29, 0.717) is 17.4 Å². The summed E-state index contributed by atoms with van der Waals surface area (Å²) in [6.45, 7) is 3.37. The molecule has 0 spiro atoms. The van der Waals surface area contributed by atoms with Crippen LogP contribution in [-0.4, -0.2) is 53.3 Å². The highest BCUT2D eigenvalue weighted by Gasteiger charge is 2.24. The van der Waals surface area contributed by atoms with Gasteiger partial charge in [-0.05, 0) is 61.6 Å². The van der Waals surface area contributed by atoms with E-state index in [1.54, 1.807) is 16.7 Å². The molecule has 1 aliphatic heterocycles. The van der Waals surface area contributed by atoms with E-state index in [1.165, 1.54) is 24.3 Å². The summed E-state index contributed by atoms with van der Waals surface area (Å²) in [5.74, 6) is -0.524. The van der Waals surface area contributed by atoms with Gasteiger partial charge < -0.3 is 14.4 Å². The second-order valence-corrected chi connectivity index (χ2v) is 10.2. The highest BCUT2D eigenvalue weighted by atomic mass is 16.5. The zero-order chi connectivity index (χ0) is 27.9.